The molecule has 1 aliphatic carbocycles. The van der Waals surface area contributed by atoms with Crippen LogP contribution in [-0.4, -0.2) is 30.0 Å². The molecule has 2 fully saturated rings. The number of hydrogen-bond donors (Lipinski definition) is 0. The molecule has 0 N–H and O–H groups in total. The number of carbonyl (C=O) groups excluding carboxylic acids is 1. The second kappa shape index (κ2) is 9.68. The summed E-state index contributed by atoms with van der Waals surface area (Å²) in [5.41, 5.74) is -2.27. The standard InChI is InChI=1S/C26H26F7NO2/c1-14(16-11-17(25(28,29)30)13-18(12-16)26(31,32)33)36-22-9-7-20(21-8-10-23(35)34(21)2)24(22)15-3-5-19(27)6-4-15/h3-6,11-14,20-22,24H,7-10H2,1-2H3/t14-,20?,21-,22+,24+/m1/s1. The van der Waals surface area contributed by atoms with Crippen molar-refractivity contribution in [1.82, 2.24) is 4.90 Å². The fraction of sp³-hybridized carbons (Fsp3) is 0.500. The fourth-order valence-electron chi connectivity index (χ4n) is 5.60. The lowest BCUT2D eigenvalue weighted by Crippen LogP contribution is -2.37. The molecule has 0 radical (unpaired) electrons. The average Bonchev–Trinajstić information content (AvgIpc) is 3.35. The van der Waals surface area contributed by atoms with Gasteiger partial charge in [-0.05, 0) is 73.6 Å². The predicted molar refractivity (Wildman–Crippen MR) is 117 cm³/mol. The Labute approximate surface area is 204 Å². The Morgan fingerprint density at radius 2 is 1.50 bits per heavy atom. The quantitative estimate of drug-likeness (QED) is 0.395. The summed E-state index contributed by atoms with van der Waals surface area (Å²) in [4.78, 5) is 13.9. The molecule has 3 nitrogen and oxygen atoms in total. The van der Waals surface area contributed by atoms with Crippen molar-refractivity contribution in [2.75, 3.05) is 7.05 Å². The second-order valence-electron chi connectivity index (χ2n) is 9.59. The van der Waals surface area contributed by atoms with Crippen molar-refractivity contribution < 1.29 is 40.3 Å². The molecule has 2 aromatic rings. The van der Waals surface area contributed by atoms with Gasteiger partial charge in [0.2, 0.25) is 5.91 Å². The van der Waals surface area contributed by atoms with E-state index in [1.165, 1.54) is 19.1 Å². The van der Waals surface area contributed by atoms with Crippen molar-refractivity contribution in [1.29, 1.82) is 0 Å². The van der Waals surface area contributed by atoms with Crippen LogP contribution in [-0.2, 0) is 21.9 Å². The number of nitrogens with zero attached hydrogens (tertiary/aromatic N) is 1. The van der Waals surface area contributed by atoms with E-state index in [2.05, 4.69) is 0 Å². The van der Waals surface area contributed by atoms with Gasteiger partial charge in [-0.2, -0.15) is 26.3 Å². The third-order valence-corrected chi connectivity index (χ3v) is 7.40. The van der Waals surface area contributed by atoms with Crippen LogP contribution in [0.25, 0.3) is 0 Å². The summed E-state index contributed by atoms with van der Waals surface area (Å²) < 4.78 is 99.8. The number of rotatable bonds is 5. The molecule has 1 saturated heterocycles. The van der Waals surface area contributed by atoms with Gasteiger partial charge in [0.1, 0.15) is 5.82 Å². The number of amides is 1. The van der Waals surface area contributed by atoms with Crippen LogP contribution < -0.4 is 0 Å². The Kier molecular flexibility index (Phi) is 7.11. The maximum Gasteiger partial charge on any atom is 0.416 e. The molecule has 2 aliphatic rings. The molecule has 0 spiro atoms. The van der Waals surface area contributed by atoms with Gasteiger partial charge >= 0.3 is 12.4 Å². The molecular formula is C26H26F7NO2. The summed E-state index contributed by atoms with van der Waals surface area (Å²) in [6.45, 7) is 1.43. The first-order valence-electron chi connectivity index (χ1n) is 11.7. The molecule has 1 heterocycles. The van der Waals surface area contributed by atoms with Crippen molar-refractivity contribution in [3.63, 3.8) is 0 Å². The number of hydrogen-bond acceptors (Lipinski definition) is 2. The SMILES string of the molecule is C[C@@H](O[C@H]1CCC([C@H]2CCC(=O)N2C)[C@@H]1c1ccc(F)cc1)c1cc(C(F)(F)F)cc(C(F)(F)F)c1. The first kappa shape index (κ1) is 26.4. The molecule has 196 valence electrons. The Balaban J connectivity index is 1.65. The predicted octanol–water partition coefficient (Wildman–Crippen LogP) is 7.12. The van der Waals surface area contributed by atoms with E-state index >= 15 is 0 Å². The van der Waals surface area contributed by atoms with Crippen molar-refractivity contribution in [2.45, 2.75) is 69.1 Å². The number of benzene rings is 2. The first-order valence-corrected chi connectivity index (χ1v) is 11.7. The zero-order valence-electron chi connectivity index (χ0n) is 19.7. The molecule has 5 atom stereocenters. The zero-order chi connectivity index (χ0) is 26.4. The average molecular weight is 517 g/mol. The van der Waals surface area contributed by atoms with Crippen LogP contribution in [0, 0.1) is 11.7 Å². The van der Waals surface area contributed by atoms with Gasteiger partial charge in [-0.1, -0.05) is 12.1 Å². The van der Waals surface area contributed by atoms with Crippen LogP contribution in [0.2, 0.25) is 0 Å². The van der Waals surface area contributed by atoms with Crippen LogP contribution in [0.5, 0.6) is 0 Å². The summed E-state index contributed by atoms with van der Waals surface area (Å²) in [7, 11) is 1.72. The smallest absolute Gasteiger partial charge is 0.370 e. The molecule has 2 aromatic carbocycles. The van der Waals surface area contributed by atoms with Crippen molar-refractivity contribution in [3.05, 3.63) is 70.5 Å². The summed E-state index contributed by atoms with van der Waals surface area (Å²) in [6, 6.07) is 7.21. The molecule has 1 unspecified atom stereocenters. The van der Waals surface area contributed by atoms with E-state index in [-0.39, 0.29) is 35.4 Å². The van der Waals surface area contributed by atoms with E-state index < -0.39 is 41.5 Å². The number of likely N-dealkylation sites (tertiary alicyclic amines) is 1. The van der Waals surface area contributed by atoms with E-state index in [0.717, 1.165) is 5.56 Å². The van der Waals surface area contributed by atoms with Gasteiger partial charge < -0.3 is 9.64 Å². The topological polar surface area (TPSA) is 29.5 Å². The highest BCUT2D eigenvalue weighted by atomic mass is 19.4. The van der Waals surface area contributed by atoms with E-state index in [1.54, 1.807) is 24.1 Å². The van der Waals surface area contributed by atoms with Crippen LogP contribution in [0.3, 0.4) is 0 Å². The van der Waals surface area contributed by atoms with Gasteiger partial charge in [0, 0.05) is 25.4 Å². The summed E-state index contributed by atoms with van der Waals surface area (Å²) in [5, 5.41) is 0. The molecule has 1 saturated carbocycles. The first-order chi connectivity index (χ1) is 16.8. The molecular weight excluding hydrogens is 491 g/mol. The number of ether oxygens (including phenoxy) is 1. The summed E-state index contributed by atoms with van der Waals surface area (Å²) in [5.74, 6) is -0.772. The van der Waals surface area contributed by atoms with Gasteiger partial charge in [0.05, 0.1) is 23.3 Å². The number of halogens is 7. The zero-order valence-corrected chi connectivity index (χ0v) is 19.7. The molecule has 0 aromatic heterocycles. The van der Waals surface area contributed by atoms with E-state index in [4.69, 9.17) is 4.74 Å². The third-order valence-electron chi connectivity index (χ3n) is 7.40. The molecule has 36 heavy (non-hydrogen) atoms. The summed E-state index contributed by atoms with van der Waals surface area (Å²) in [6.07, 6.45) is -9.32. The highest BCUT2D eigenvalue weighted by Crippen LogP contribution is 2.48. The lowest BCUT2D eigenvalue weighted by Gasteiger charge is -2.34. The molecule has 1 amide bonds. The van der Waals surface area contributed by atoms with E-state index in [1.807, 2.05) is 0 Å². The highest BCUT2D eigenvalue weighted by Gasteiger charge is 2.46. The second-order valence-corrected chi connectivity index (χ2v) is 9.59. The maximum absolute atomic E-state index is 13.6. The van der Waals surface area contributed by atoms with E-state index in [9.17, 15) is 35.5 Å². The van der Waals surface area contributed by atoms with Gasteiger partial charge in [-0.15, -0.1) is 0 Å². The maximum atomic E-state index is 13.6. The Bertz CT molecular complexity index is 1060. The minimum atomic E-state index is -4.95. The Morgan fingerprint density at radius 3 is 2.00 bits per heavy atom. The van der Waals surface area contributed by atoms with Gasteiger partial charge in [0.25, 0.3) is 0 Å². The monoisotopic (exact) mass is 517 g/mol. The van der Waals surface area contributed by atoms with Gasteiger partial charge in [-0.3, -0.25) is 4.79 Å². The largest absolute Gasteiger partial charge is 0.416 e. The van der Waals surface area contributed by atoms with E-state index in [0.29, 0.717) is 37.8 Å². The minimum Gasteiger partial charge on any atom is -0.370 e. The van der Waals surface area contributed by atoms with Gasteiger partial charge in [0.15, 0.2) is 0 Å². The lowest BCUT2D eigenvalue weighted by atomic mass is 9.82. The van der Waals surface area contributed by atoms with Crippen molar-refractivity contribution >= 4 is 5.91 Å². The van der Waals surface area contributed by atoms with Crippen LogP contribution in [0.4, 0.5) is 30.7 Å². The highest BCUT2D eigenvalue weighted by molar-refractivity contribution is 5.78. The number of carbonyl (C=O) groups is 1. The van der Waals surface area contributed by atoms with Crippen molar-refractivity contribution in [2.24, 2.45) is 5.92 Å². The Hall–Kier alpha value is -2.62. The minimum absolute atomic E-state index is 0.0132. The third kappa shape index (κ3) is 5.38. The van der Waals surface area contributed by atoms with Crippen LogP contribution in [0.15, 0.2) is 42.5 Å². The van der Waals surface area contributed by atoms with Crippen molar-refractivity contribution in [3.8, 4) is 0 Å². The summed E-state index contributed by atoms with van der Waals surface area (Å²) >= 11 is 0. The number of alkyl halides is 6. The van der Waals surface area contributed by atoms with Crippen LogP contribution >= 0.6 is 0 Å². The lowest BCUT2D eigenvalue weighted by molar-refractivity contribution is -0.143. The molecule has 0 bridgehead atoms. The molecule has 10 heteroatoms. The van der Waals surface area contributed by atoms with Crippen LogP contribution in [0.1, 0.15) is 66.9 Å². The normalized spacial score (nSPS) is 26.0. The Morgan fingerprint density at radius 1 is 0.917 bits per heavy atom. The molecule has 1 aliphatic heterocycles. The van der Waals surface area contributed by atoms with Gasteiger partial charge in [-0.25, -0.2) is 4.39 Å². The molecule has 4 rings (SSSR count). The fourth-order valence-corrected chi connectivity index (χ4v) is 5.60.